The molecule has 0 fully saturated rings. The lowest BCUT2D eigenvalue weighted by molar-refractivity contribution is 0.269. The molecule has 2 aromatic rings. The fraction of sp³-hybridized carbons (Fsp3) is 0.357. The Bertz CT molecular complexity index is 471. The summed E-state index contributed by atoms with van der Waals surface area (Å²) in [6.07, 6.45) is 3.74. The molecule has 0 atom stereocenters. The summed E-state index contributed by atoms with van der Waals surface area (Å²) >= 11 is 0. The SMILES string of the molecule is OCCn1cc(CNCCOc2ccccc2)cn1. The van der Waals surface area contributed by atoms with Crippen molar-refractivity contribution in [2.45, 2.75) is 13.1 Å². The van der Waals surface area contributed by atoms with Gasteiger partial charge in [-0.3, -0.25) is 4.68 Å². The van der Waals surface area contributed by atoms with Crippen LogP contribution in [-0.4, -0.2) is 34.6 Å². The molecule has 19 heavy (non-hydrogen) atoms. The van der Waals surface area contributed by atoms with E-state index < -0.39 is 0 Å². The molecule has 2 rings (SSSR count). The second-order valence-corrected chi connectivity index (χ2v) is 4.17. The number of hydrogen-bond acceptors (Lipinski definition) is 4. The molecule has 0 aliphatic rings. The van der Waals surface area contributed by atoms with Crippen molar-refractivity contribution in [1.82, 2.24) is 15.1 Å². The second kappa shape index (κ2) is 7.56. The zero-order chi connectivity index (χ0) is 13.3. The lowest BCUT2D eigenvalue weighted by Gasteiger charge is -2.06. The van der Waals surface area contributed by atoms with Gasteiger partial charge in [-0.05, 0) is 12.1 Å². The van der Waals surface area contributed by atoms with Gasteiger partial charge in [-0.25, -0.2) is 0 Å². The van der Waals surface area contributed by atoms with Crippen molar-refractivity contribution in [3.63, 3.8) is 0 Å². The quantitative estimate of drug-likeness (QED) is 0.697. The summed E-state index contributed by atoms with van der Waals surface area (Å²) in [5, 5.41) is 16.2. The molecule has 0 bridgehead atoms. The Morgan fingerprint density at radius 3 is 2.89 bits per heavy atom. The highest BCUT2D eigenvalue weighted by Gasteiger charge is 1.98. The van der Waals surface area contributed by atoms with Gasteiger partial charge in [0.1, 0.15) is 12.4 Å². The van der Waals surface area contributed by atoms with Crippen LogP contribution in [0.2, 0.25) is 0 Å². The number of aliphatic hydroxyl groups is 1. The summed E-state index contributed by atoms with van der Waals surface area (Å²) < 4.78 is 7.30. The van der Waals surface area contributed by atoms with Crippen molar-refractivity contribution >= 4 is 0 Å². The van der Waals surface area contributed by atoms with Gasteiger partial charge in [-0.2, -0.15) is 5.10 Å². The molecule has 5 heteroatoms. The Kier molecular flexibility index (Phi) is 5.40. The number of aromatic nitrogens is 2. The van der Waals surface area contributed by atoms with Crippen molar-refractivity contribution in [3.05, 3.63) is 48.3 Å². The number of para-hydroxylation sites is 1. The van der Waals surface area contributed by atoms with Gasteiger partial charge in [0.15, 0.2) is 0 Å². The smallest absolute Gasteiger partial charge is 0.119 e. The summed E-state index contributed by atoms with van der Waals surface area (Å²) in [5.41, 5.74) is 1.10. The minimum atomic E-state index is 0.111. The highest BCUT2D eigenvalue weighted by molar-refractivity contribution is 5.20. The third-order valence-corrected chi connectivity index (χ3v) is 2.64. The average Bonchev–Trinajstić information content (AvgIpc) is 2.88. The van der Waals surface area contributed by atoms with Crippen LogP contribution in [0.4, 0.5) is 0 Å². The van der Waals surface area contributed by atoms with Crippen LogP contribution < -0.4 is 10.1 Å². The largest absolute Gasteiger partial charge is 0.492 e. The first-order valence-electron chi connectivity index (χ1n) is 6.39. The molecule has 102 valence electrons. The predicted octanol–water partition coefficient (Wildman–Crippen LogP) is 1.04. The summed E-state index contributed by atoms with van der Waals surface area (Å²) in [6, 6.07) is 9.77. The van der Waals surface area contributed by atoms with Crippen molar-refractivity contribution in [2.24, 2.45) is 0 Å². The molecule has 1 aromatic heterocycles. The molecule has 0 aliphatic carbocycles. The minimum absolute atomic E-state index is 0.111. The van der Waals surface area contributed by atoms with Gasteiger partial charge < -0.3 is 15.2 Å². The van der Waals surface area contributed by atoms with Crippen LogP contribution >= 0.6 is 0 Å². The van der Waals surface area contributed by atoms with Gasteiger partial charge in [-0.15, -0.1) is 0 Å². The van der Waals surface area contributed by atoms with Crippen molar-refractivity contribution in [2.75, 3.05) is 19.8 Å². The standard InChI is InChI=1S/C14H19N3O2/c18-8-7-17-12-13(11-16-17)10-15-6-9-19-14-4-2-1-3-5-14/h1-5,11-12,15,18H,6-10H2. The summed E-state index contributed by atoms with van der Waals surface area (Å²) in [7, 11) is 0. The molecular weight excluding hydrogens is 242 g/mol. The van der Waals surface area contributed by atoms with Gasteiger partial charge in [0.25, 0.3) is 0 Å². The van der Waals surface area contributed by atoms with E-state index in [2.05, 4.69) is 10.4 Å². The Hall–Kier alpha value is -1.85. The van der Waals surface area contributed by atoms with E-state index in [4.69, 9.17) is 9.84 Å². The molecule has 0 spiro atoms. The number of nitrogens with one attached hydrogen (secondary N) is 1. The summed E-state index contributed by atoms with van der Waals surface area (Å²) in [4.78, 5) is 0. The maximum absolute atomic E-state index is 8.79. The van der Waals surface area contributed by atoms with Gasteiger partial charge in [0, 0.05) is 24.8 Å². The molecule has 0 unspecified atom stereocenters. The average molecular weight is 261 g/mol. The van der Waals surface area contributed by atoms with Crippen molar-refractivity contribution in [3.8, 4) is 5.75 Å². The number of aliphatic hydroxyl groups excluding tert-OH is 1. The fourth-order valence-electron chi connectivity index (χ4n) is 1.71. The molecule has 0 radical (unpaired) electrons. The third kappa shape index (κ3) is 4.73. The Labute approximate surface area is 112 Å². The van der Waals surface area contributed by atoms with Crippen LogP contribution in [0.15, 0.2) is 42.7 Å². The lowest BCUT2D eigenvalue weighted by atomic mass is 10.3. The first kappa shape index (κ1) is 13.6. The Morgan fingerprint density at radius 2 is 2.11 bits per heavy atom. The minimum Gasteiger partial charge on any atom is -0.492 e. The first-order chi connectivity index (χ1) is 9.38. The molecule has 0 saturated carbocycles. The zero-order valence-corrected chi connectivity index (χ0v) is 10.8. The van der Waals surface area contributed by atoms with E-state index in [1.54, 1.807) is 10.9 Å². The normalized spacial score (nSPS) is 10.6. The number of nitrogens with zero attached hydrogens (tertiary/aromatic N) is 2. The van der Waals surface area contributed by atoms with Crippen LogP contribution in [0.1, 0.15) is 5.56 Å². The van der Waals surface area contributed by atoms with E-state index in [1.165, 1.54) is 0 Å². The van der Waals surface area contributed by atoms with Crippen molar-refractivity contribution < 1.29 is 9.84 Å². The van der Waals surface area contributed by atoms with E-state index in [0.29, 0.717) is 13.2 Å². The zero-order valence-electron chi connectivity index (χ0n) is 10.8. The monoisotopic (exact) mass is 261 g/mol. The number of hydrogen-bond donors (Lipinski definition) is 2. The first-order valence-corrected chi connectivity index (χ1v) is 6.39. The highest BCUT2D eigenvalue weighted by atomic mass is 16.5. The molecule has 0 saturated heterocycles. The Balaban J connectivity index is 1.61. The van der Waals surface area contributed by atoms with Crippen LogP contribution in [-0.2, 0) is 13.1 Å². The van der Waals surface area contributed by atoms with E-state index in [1.807, 2.05) is 36.5 Å². The van der Waals surface area contributed by atoms with Crippen molar-refractivity contribution in [1.29, 1.82) is 0 Å². The third-order valence-electron chi connectivity index (χ3n) is 2.64. The second-order valence-electron chi connectivity index (χ2n) is 4.17. The van der Waals surface area contributed by atoms with E-state index in [9.17, 15) is 0 Å². The molecule has 5 nitrogen and oxygen atoms in total. The van der Waals surface area contributed by atoms with E-state index in [0.717, 1.165) is 24.4 Å². The van der Waals surface area contributed by atoms with Gasteiger partial charge in [0.2, 0.25) is 0 Å². The lowest BCUT2D eigenvalue weighted by Crippen LogP contribution is -2.20. The van der Waals surface area contributed by atoms with Crippen LogP contribution in [0, 0.1) is 0 Å². The molecule has 1 aromatic carbocycles. The number of ether oxygens (including phenoxy) is 1. The van der Waals surface area contributed by atoms with Gasteiger partial charge in [0.05, 0.1) is 19.3 Å². The van der Waals surface area contributed by atoms with Gasteiger partial charge in [-0.1, -0.05) is 18.2 Å². The maximum Gasteiger partial charge on any atom is 0.119 e. The predicted molar refractivity (Wildman–Crippen MR) is 73.0 cm³/mol. The maximum atomic E-state index is 8.79. The summed E-state index contributed by atoms with van der Waals surface area (Å²) in [5.74, 6) is 0.889. The van der Waals surface area contributed by atoms with E-state index in [-0.39, 0.29) is 6.61 Å². The molecule has 0 amide bonds. The fourth-order valence-corrected chi connectivity index (χ4v) is 1.71. The topological polar surface area (TPSA) is 59.3 Å². The number of rotatable bonds is 8. The Morgan fingerprint density at radius 1 is 1.26 bits per heavy atom. The summed E-state index contributed by atoms with van der Waals surface area (Å²) in [6.45, 7) is 2.81. The van der Waals surface area contributed by atoms with Gasteiger partial charge >= 0.3 is 0 Å². The van der Waals surface area contributed by atoms with E-state index >= 15 is 0 Å². The molecular formula is C14H19N3O2. The van der Waals surface area contributed by atoms with Crippen LogP contribution in [0.25, 0.3) is 0 Å². The molecule has 0 aliphatic heterocycles. The molecule has 1 heterocycles. The molecule has 2 N–H and O–H groups in total. The van der Waals surface area contributed by atoms with Crippen LogP contribution in [0.5, 0.6) is 5.75 Å². The van der Waals surface area contributed by atoms with Crippen LogP contribution in [0.3, 0.4) is 0 Å². The highest BCUT2D eigenvalue weighted by Crippen LogP contribution is 2.07. The number of benzene rings is 1.